The third kappa shape index (κ3) is 3.72. The Morgan fingerprint density at radius 2 is 1.44 bits per heavy atom. The normalized spacial score (nSPS) is 15.9. The van der Waals surface area contributed by atoms with Crippen LogP contribution in [0.3, 0.4) is 0 Å². The molecule has 0 radical (unpaired) electrons. The maximum Gasteiger partial charge on any atom is 0.243 e. The summed E-state index contributed by atoms with van der Waals surface area (Å²) in [7, 11) is -3.41. The lowest BCUT2D eigenvalue weighted by atomic mass is 10.1. The molecule has 0 amide bonds. The predicted octanol–water partition coefficient (Wildman–Crippen LogP) is 4.21. The van der Waals surface area contributed by atoms with E-state index in [1.165, 1.54) is 4.31 Å². The van der Waals surface area contributed by atoms with E-state index in [1.807, 2.05) is 0 Å². The van der Waals surface area contributed by atoms with Crippen LogP contribution < -0.4 is 0 Å². The van der Waals surface area contributed by atoms with Gasteiger partial charge in [0, 0.05) is 13.1 Å². The molecule has 7 heteroatoms. The van der Waals surface area contributed by atoms with Gasteiger partial charge in [-0.2, -0.15) is 14.5 Å². The van der Waals surface area contributed by atoms with Gasteiger partial charge in [0.25, 0.3) is 0 Å². The molecule has 0 aliphatic carbocycles. The van der Waals surface area contributed by atoms with Gasteiger partial charge in [-0.3, -0.25) is 0 Å². The van der Waals surface area contributed by atoms with Crippen LogP contribution in [-0.4, -0.2) is 30.9 Å². The molecule has 3 rings (SSSR count). The fourth-order valence-corrected chi connectivity index (χ4v) is 4.39. The van der Waals surface area contributed by atoms with E-state index in [0.717, 1.165) is 24.0 Å². The first-order valence-corrected chi connectivity index (χ1v) is 9.64. The van der Waals surface area contributed by atoms with E-state index in [0.29, 0.717) is 24.5 Å². The van der Waals surface area contributed by atoms with Crippen molar-refractivity contribution in [1.82, 2.24) is 4.31 Å². The van der Waals surface area contributed by atoms with Crippen molar-refractivity contribution in [1.29, 1.82) is 0 Å². The van der Waals surface area contributed by atoms with Crippen LogP contribution >= 0.6 is 0 Å². The van der Waals surface area contributed by atoms with E-state index in [2.05, 4.69) is 10.2 Å². The van der Waals surface area contributed by atoms with E-state index in [4.69, 9.17) is 0 Å². The maximum absolute atomic E-state index is 12.5. The number of phenols is 1. The SMILES string of the molecule is Cc1cc(N=Nc2ccc(S(=O)(=O)N3CCCC3)cc2)cc(C)c1O. The molecule has 1 saturated heterocycles. The van der Waals surface area contributed by atoms with Crippen LogP contribution in [0.5, 0.6) is 5.75 Å². The quantitative estimate of drug-likeness (QED) is 0.830. The lowest BCUT2D eigenvalue weighted by Gasteiger charge is -2.15. The Morgan fingerprint density at radius 1 is 0.920 bits per heavy atom. The summed E-state index contributed by atoms with van der Waals surface area (Å²) in [6, 6.07) is 9.92. The molecule has 0 saturated carbocycles. The highest BCUT2D eigenvalue weighted by Gasteiger charge is 2.26. The number of phenolic OH excluding ortho intramolecular Hbond substituents is 1. The number of rotatable bonds is 4. The average Bonchev–Trinajstić information content (AvgIpc) is 3.13. The molecule has 1 fully saturated rings. The fraction of sp³-hybridized carbons (Fsp3) is 0.333. The number of aromatic hydroxyl groups is 1. The maximum atomic E-state index is 12.5. The largest absolute Gasteiger partial charge is 0.507 e. The molecule has 6 nitrogen and oxygen atoms in total. The molecule has 1 N–H and O–H groups in total. The lowest BCUT2D eigenvalue weighted by molar-refractivity contribution is 0.467. The van der Waals surface area contributed by atoms with E-state index in [9.17, 15) is 13.5 Å². The van der Waals surface area contributed by atoms with Crippen LogP contribution in [0.25, 0.3) is 0 Å². The zero-order chi connectivity index (χ0) is 18.0. The van der Waals surface area contributed by atoms with Crippen molar-refractivity contribution in [2.75, 3.05) is 13.1 Å². The highest BCUT2D eigenvalue weighted by Crippen LogP contribution is 2.29. The second-order valence-corrected chi connectivity index (χ2v) is 8.17. The van der Waals surface area contributed by atoms with E-state index < -0.39 is 10.0 Å². The molecule has 0 bridgehead atoms. The molecular weight excluding hydrogens is 338 g/mol. The Labute approximate surface area is 147 Å². The van der Waals surface area contributed by atoms with Gasteiger partial charge in [-0.05, 0) is 74.2 Å². The third-order valence-corrected chi connectivity index (χ3v) is 6.21. The molecule has 0 aromatic heterocycles. The molecule has 0 unspecified atom stereocenters. The zero-order valence-electron chi connectivity index (χ0n) is 14.3. The second kappa shape index (κ2) is 6.93. The Hall–Kier alpha value is -2.25. The first kappa shape index (κ1) is 17.6. The summed E-state index contributed by atoms with van der Waals surface area (Å²) in [5, 5.41) is 18.1. The number of aryl methyl sites for hydroxylation is 2. The first-order chi connectivity index (χ1) is 11.9. The second-order valence-electron chi connectivity index (χ2n) is 6.23. The molecule has 25 heavy (non-hydrogen) atoms. The summed E-state index contributed by atoms with van der Waals surface area (Å²) in [5.41, 5.74) is 2.69. The number of benzene rings is 2. The molecular formula is C18H21N3O3S. The van der Waals surface area contributed by atoms with Gasteiger partial charge in [0.05, 0.1) is 16.3 Å². The van der Waals surface area contributed by atoms with Gasteiger partial charge in [0.2, 0.25) is 10.0 Å². The standard InChI is InChI=1S/C18H21N3O3S/c1-13-11-16(12-14(2)18(13)22)20-19-15-5-7-17(8-6-15)25(23,24)21-9-3-4-10-21/h5-8,11-12,22H,3-4,9-10H2,1-2H3. The number of hydrogen-bond acceptors (Lipinski definition) is 5. The summed E-state index contributed by atoms with van der Waals surface area (Å²) in [4.78, 5) is 0.282. The van der Waals surface area contributed by atoms with Crippen molar-refractivity contribution in [2.24, 2.45) is 10.2 Å². The van der Waals surface area contributed by atoms with Crippen LogP contribution in [0.4, 0.5) is 11.4 Å². The summed E-state index contributed by atoms with van der Waals surface area (Å²) in [6.45, 7) is 4.78. The van der Waals surface area contributed by atoms with Crippen LogP contribution in [0.2, 0.25) is 0 Å². The van der Waals surface area contributed by atoms with Crippen molar-refractivity contribution in [2.45, 2.75) is 31.6 Å². The summed E-state index contributed by atoms with van der Waals surface area (Å²) < 4.78 is 26.5. The van der Waals surface area contributed by atoms with Crippen LogP contribution in [0, 0.1) is 13.8 Å². The highest BCUT2D eigenvalue weighted by atomic mass is 32.2. The minimum Gasteiger partial charge on any atom is -0.507 e. The van der Waals surface area contributed by atoms with Gasteiger partial charge in [0.15, 0.2) is 0 Å². The molecule has 0 spiro atoms. The van der Waals surface area contributed by atoms with Crippen LogP contribution in [0.15, 0.2) is 51.5 Å². The van der Waals surface area contributed by atoms with Crippen molar-refractivity contribution < 1.29 is 13.5 Å². The van der Waals surface area contributed by atoms with E-state index in [1.54, 1.807) is 50.2 Å². The lowest BCUT2D eigenvalue weighted by Crippen LogP contribution is -2.27. The van der Waals surface area contributed by atoms with Crippen molar-refractivity contribution >= 4 is 21.4 Å². The number of sulfonamides is 1. The van der Waals surface area contributed by atoms with E-state index in [-0.39, 0.29) is 10.6 Å². The molecule has 1 aliphatic rings. The predicted molar refractivity (Wildman–Crippen MR) is 96.2 cm³/mol. The molecule has 132 valence electrons. The average molecular weight is 359 g/mol. The molecule has 2 aromatic carbocycles. The van der Waals surface area contributed by atoms with Crippen molar-refractivity contribution in [3.8, 4) is 5.75 Å². The Kier molecular flexibility index (Phi) is 4.87. The topological polar surface area (TPSA) is 82.3 Å². The van der Waals surface area contributed by atoms with Gasteiger partial charge in [-0.15, -0.1) is 0 Å². The minimum atomic E-state index is -3.41. The van der Waals surface area contributed by atoms with Crippen LogP contribution in [0.1, 0.15) is 24.0 Å². The summed E-state index contributed by atoms with van der Waals surface area (Å²) in [6.07, 6.45) is 1.83. The van der Waals surface area contributed by atoms with Gasteiger partial charge < -0.3 is 5.11 Å². The molecule has 1 aliphatic heterocycles. The van der Waals surface area contributed by atoms with E-state index >= 15 is 0 Å². The smallest absolute Gasteiger partial charge is 0.243 e. The van der Waals surface area contributed by atoms with Crippen LogP contribution in [-0.2, 0) is 10.0 Å². The Morgan fingerprint density at radius 3 is 2.00 bits per heavy atom. The fourth-order valence-electron chi connectivity index (χ4n) is 2.87. The minimum absolute atomic E-state index is 0.260. The number of nitrogens with zero attached hydrogens (tertiary/aromatic N) is 3. The first-order valence-electron chi connectivity index (χ1n) is 8.20. The van der Waals surface area contributed by atoms with Crippen molar-refractivity contribution in [3.05, 3.63) is 47.5 Å². The van der Waals surface area contributed by atoms with Crippen molar-refractivity contribution in [3.63, 3.8) is 0 Å². The highest BCUT2D eigenvalue weighted by molar-refractivity contribution is 7.89. The van der Waals surface area contributed by atoms with Gasteiger partial charge in [0.1, 0.15) is 5.75 Å². The van der Waals surface area contributed by atoms with Gasteiger partial charge >= 0.3 is 0 Å². The van der Waals surface area contributed by atoms with Gasteiger partial charge in [-0.25, -0.2) is 8.42 Å². The molecule has 2 aromatic rings. The Bertz CT molecular complexity index is 877. The number of azo groups is 1. The monoisotopic (exact) mass is 359 g/mol. The molecule has 1 heterocycles. The summed E-state index contributed by atoms with van der Waals surface area (Å²) >= 11 is 0. The molecule has 0 atom stereocenters. The van der Waals surface area contributed by atoms with Gasteiger partial charge in [-0.1, -0.05) is 0 Å². The number of hydrogen-bond donors (Lipinski definition) is 1. The third-order valence-electron chi connectivity index (χ3n) is 4.30. The zero-order valence-corrected chi connectivity index (χ0v) is 15.1. The Balaban J connectivity index is 1.79. The summed E-state index contributed by atoms with van der Waals surface area (Å²) in [5.74, 6) is 0.260.